The lowest BCUT2D eigenvalue weighted by molar-refractivity contribution is -0.136. The van der Waals surface area contributed by atoms with Crippen LogP contribution in [0.5, 0.6) is 0 Å². The number of aliphatic hydroxyl groups is 1. The van der Waals surface area contributed by atoms with Gasteiger partial charge in [-0.05, 0) is 47.0 Å². The Hall–Kier alpha value is -1.47. The Balaban J connectivity index is 2.64. The van der Waals surface area contributed by atoms with Gasteiger partial charge >= 0.3 is 11.8 Å². The van der Waals surface area contributed by atoms with Crippen LogP contribution in [0, 0.1) is 11.7 Å². The molecule has 1 rings (SSSR count). The summed E-state index contributed by atoms with van der Waals surface area (Å²) in [5.74, 6) is -2.28. The van der Waals surface area contributed by atoms with Crippen LogP contribution in [0.1, 0.15) is 13.8 Å². The number of halogens is 2. The highest BCUT2D eigenvalue weighted by atomic mass is 79.9. The molecule has 110 valence electrons. The predicted octanol–water partition coefficient (Wildman–Crippen LogP) is 1.66. The molecule has 2 amide bonds. The standard InChI is InChI=1S/C13H16BrFN2O3/c1-7(6-18)8(2)16-12(19)13(20)17-11-4-3-9(15)5-10(11)14/h3-5,7-8,18H,6H2,1-2H3,(H,16,19)(H,17,20). The number of hydrogen-bond acceptors (Lipinski definition) is 3. The third-order valence-corrected chi connectivity index (χ3v) is 3.54. The van der Waals surface area contributed by atoms with Crippen LogP contribution in [0.15, 0.2) is 22.7 Å². The van der Waals surface area contributed by atoms with Gasteiger partial charge in [0, 0.05) is 17.1 Å². The second-order valence-corrected chi connectivity index (χ2v) is 5.35. The number of anilines is 1. The fourth-order valence-corrected chi connectivity index (χ4v) is 1.79. The van der Waals surface area contributed by atoms with E-state index in [0.717, 1.165) is 0 Å². The molecule has 2 atom stereocenters. The number of carbonyl (C=O) groups is 2. The maximum atomic E-state index is 12.9. The van der Waals surface area contributed by atoms with E-state index in [1.165, 1.54) is 18.2 Å². The van der Waals surface area contributed by atoms with Crippen molar-refractivity contribution in [2.24, 2.45) is 5.92 Å². The maximum Gasteiger partial charge on any atom is 0.313 e. The van der Waals surface area contributed by atoms with E-state index in [1.807, 2.05) is 0 Å². The third-order valence-electron chi connectivity index (χ3n) is 2.89. The summed E-state index contributed by atoms with van der Waals surface area (Å²) in [6.45, 7) is 3.35. The molecule has 1 aromatic rings. The van der Waals surface area contributed by atoms with E-state index < -0.39 is 17.6 Å². The van der Waals surface area contributed by atoms with Crippen molar-refractivity contribution in [2.45, 2.75) is 19.9 Å². The molecule has 0 aromatic heterocycles. The van der Waals surface area contributed by atoms with Gasteiger partial charge in [-0.15, -0.1) is 0 Å². The Morgan fingerprint density at radius 3 is 2.55 bits per heavy atom. The summed E-state index contributed by atoms with van der Waals surface area (Å²) in [5.41, 5.74) is 0.300. The molecular weight excluding hydrogens is 331 g/mol. The van der Waals surface area contributed by atoms with Crippen LogP contribution >= 0.6 is 15.9 Å². The van der Waals surface area contributed by atoms with Crippen LogP contribution in [0.4, 0.5) is 10.1 Å². The number of hydrogen-bond donors (Lipinski definition) is 3. The predicted molar refractivity (Wildman–Crippen MR) is 76.6 cm³/mol. The molecule has 0 fully saturated rings. The van der Waals surface area contributed by atoms with Crippen LogP contribution < -0.4 is 10.6 Å². The zero-order valence-electron chi connectivity index (χ0n) is 11.1. The first-order valence-corrected chi connectivity index (χ1v) is 6.82. The van der Waals surface area contributed by atoms with E-state index >= 15 is 0 Å². The van der Waals surface area contributed by atoms with Crippen molar-refractivity contribution in [3.63, 3.8) is 0 Å². The SMILES string of the molecule is CC(CO)C(C)NC(=O)C(=O)Nc1ccc(F)cc1Br. The number of carbonyl (C=O) groups excluding carboxylic acids is 2. The van der Waals surface area contributed by atoms with E-state index in [9.17, 15) is 14.0 Å². The summed E-state index contributed by atoms with van der Waals surface area (Å²) in [6, 6.07) is 3.37. The topological polar surface area (TPSA) is 78.4 Å². The van der Waals surface area contributed by atoms with Gasteiger partial charge in [-0.1, -0.05) is 6.92 Å². The van der Waals surface area contributed by atoms with Gasteiger partial charge in [-0.25, -0.2) is 4.39 Å². The maximum absolute atomic E-state index is 12.9. The molecule has 0 saturated carbocycles. The van der Waals surface area contributed by atoms with Gasteiger partial charge in [0.2, 0.25) is 0 Å². The molecule has 0 aliphatic carbocycles. The number of aliphatic hydroxyl groups excluding tert-OH is 1. The number of nitrogens with one attached hydrogen (secondary N) is 2. The molecule has 0 saturated heterocycles. The zero-order valence-corrected chi connectivity index (χ0v) is 12.7. The first-order valence-electron chi connectivity index (χ1n) is 6.03. The van der Waals surface area contributed by atoms with Gasteiger partial charge in [0.1, 0.15) is 5.82 Å². The Labute approximate surface area is 124 Å². The Morgan fingerprint density at radius 2 is 2.00 bits per heavy atom. The van der Waals surface area contributed by atoms with Crippen molar-refractivity contribution < 1.29 is 19.1 Å². The van der Waals surface area contributed by atoms with E-state index in [1.54, 1.807) is 13.8 Å². The molecule has 5 nitrogen and oxygen atoms in total. The van der Waals surface area contributed by atoms with E-state index in [0.29, 0.717) is 10.2 Å². The van der Waals surface area contributed by atoms with Crippen LogP contribution in [-0.2, 0) is 9.59 Å². The second-order valence-electron chi connectivity index (χ2n) is 4.50. The summed E-state index contributed by atoms with van der Waals surface area (Å²) < 4.78 is 13.2. The second kappa shape index (κ2) is 7.35. The Bertz CT molecular complexity index is 510. The average Bonchev–Trinajstić information content (AvgIpc) is 2.40. The number of rotatable bonds is 4. The van der Waals surface area contributed by atoms with Gasteiger partial charge in [-0.2, -0.15) is 0 Å². The molecule has 3 N–H and O–H groups in total. The van der Waals surface area contributed by atoms with E-state index in [2.05, 4.69) is 26.6 Å². The van der Waals surface area contributed by atoms with Crippen LogP contribution in [0.25, 0.3) is 0 Å². The fraction of sp³-hybridized carbons (Fsp3) is 0.385. The first-order chi connectivity index (χ1) is 9.35. The highest BCUT2D eigenvalue weighted by Gasteiger charge is 2.20. The monoisotopic (exact) mass is 346 g/mol. The minimum Gasteiger partial charge on any atom is -0.396 e. The van der Waals surface area contributed by atoms with Gasteiger partial charge in [0.15, 0.2) is 0 Å². The van der Waals surface area contributed by atoms with E-state index in [4.69, 9.17) is 5.11 Å². The smallest absolute Gasteiger partial charge is 0.313 e. The highest BCUT2D eigenvalue weighted by Crippen LogP contribution is 2.22. The van der Waals surface area contributed by atoms with Crippen molar-refractivity contribution in [1.29, 1.82) is 0 Å². The minimum atomic E-state index is -0.853. The van der Waals surface area contributed by atoms with Crippen molar-refractivity contribution in [2.75, 3.05) is 11.9 Å². The molecule has 0 radical (unpaired) electrons. The lowest BCUT2D eigenvalue weighted by Gasteiger charge is -2.18. The van der Waals surface area contributed by atoms with Crippen molar-refractivity contribution in [3.05, 3.63) is 28.5 Å². The highest BCUT2D eigenvalue weighted by molar-refractivity contribution is 9.10. The number of amides is 2. The quantitative estimate of drug-likeness (QED) is 0.725. The molecule has 0 aliphatic rings. The van der Waals surface area contributed by atoms with Crippen molar-refractivity contribution >= 4 is 33.4 Å². The summed E-state index contributed by atoms with van der Waals surface area (Å²) in [7, 11) is 0. The molecule has 2 unspecified atom stereocenters. The lowest BCUT2D eigenvalue weighted by Crippen LogP contribution is -2.44. The molecular formula is C13H16BrFN2O3. The lowest BCUT2D eigenvalue weighted by atomic mass is 10.1. The third kappa shape index (κ3) is 4.57. The average molecular weight is 347 g/mol. The summed E-state index contributed by atoms with van der Waals surface area (Å²) in [4.78, 5) is 23.4. The Kier molecular flexibility index (Phi) is 6.09. The van der Waals surface area contributed by atoms with Crippen LogP contribution in [0.2, 0.25) is 0 Å². The molecule has 20 heavy (non-hydrogen) atoms. The van der Waals surface area contributed by atoms with E-state index in [-0.39, 0.29) is 18.6 Å². The minimum absolute atomic E-state index is 0.0907. The zero-order chi connectivity index (χ0) is 15.3. The molecule has 0 spiro atoms. The summed E-state index contributed by atoms with van der Waals surface area (Å²) in [5, 5.41) is 13.8. The van der Waals surface area contributed by atoms with Gasteiger partial charge < -0.3 is 15.7 Å². The Morgan fingerprint density at radius 1 is 1.35 bits per heavy atom. The summed E-state index contributed by atoms with van der Waals surface area (Å²) >= 11 is 3.09. The first kappa shape index (κ1) is 16.6. The van der Waals surface area contributed by atoms with Crippen molar-refractivity contribution in [1.82, 2.24) is 5.32 Å². The molecule has 1 aromatic carbocycles. The normalized spacial score (nSPS) is 13.4. The van der Waals surface area contributed by atoms with Crippen LogP contribution in [0.3, 0.4) is 0 Å². The summed E-state index contributed by atoms with van der Waals surface area (Å²) in [6.07, 6.45) is 0. The van der Waals surface area contributed by atoms with Crippen molar-refractivity contribution in [3.8, 4) is 0 Å². The largest absolute Gasteiger partial charge is 0.396 e. The fourth-order valence-electron chi connectivity index (χ4n) is 1.34. The number of benzene rings is 1. The van der Waals surface area contributed by atoms with Crippen LogP contribution in [-0.4, -0.2) is 29.6 Å². The molecule has 7 heteroatoms. The van der Waals surface area contributed by atoms with Gasteiger partial charge in [0.05, 0.1) is 5.69 Å². The van der Waals surface area contributed by atoms with Gasteiger partial charge in [0.25, 0.3) is 0 Å². The molecule has 0 heterocycles. The van der Waals surface area contributed by atoms with Gasteiger partial charge in [-0.3, -0.25) is 9.59 Å². The molecule has 0 aliphatic heterocycles. The molecule has 0 bridgehead atoms.